The predicted molar refractivity (Wildman–Crippen MR) is 119 cm³/mol. The normalized spacial score (nSPS) is 18.7. The summed E-state index contributed by atoms with van der Waals surface area (Å²) in [7, 11) is 1.91. The lowest BCUT2D eigenvalue weighted by molar-refractivity contribution is -0.131. The summed E-state index contributed by atoms with van der Waals surface area (Å²) in [6.45, 7) is 4.51. The third kappa shape index (κ3) is 5.03. The number of carbonyl (C=O) groups is 1. The van der Waals surface area contributed by atoms with Crippen LogP contribution >= 0.6 is 11.8 Å². The van der Waals surface area contributed by atoms with Crippen molar-refractivity contribution in [2.75, 3.05) is 38.3 Å². The van der Waals surface area contributed by atoms with Gasteiger partial charge in [0.15, 0.2) is 5.16 Å². The lowest BCUT2D eigenvalue weighted by Crippen LogP contribution is -2.42. The first kappa shape index (κ1) is 22.1. The van der Waals surface area contributed by atoms with Crippen LogP contribution in [0.3, 0.4) is 0 Å². The van der Waals surface area contributed by atoms with E-state index in [1.807, 2.05) is 29.5 Å². The Kier molecular flexibility index (Phi) is 7.12. The van der Waals surface area contributed by atoms with Crippen LogP contribution in [0, 0.1) is 5.82 Å². The van der Waals surface area contributed by atoms with Gasteiger partial charge < -0.3 is 14.5 Å². The average Bonchev–Trinajstić information content (AvgIpc) is 3.22. The van der Waals surface area contributed by atoms with Gasteiger partial charge in [-0.05, 0) is 38.0 Å². The highest BCUT2D eigenvalue weighted by atomic mass is 32.2. The highest BCUT2D eigenvalue weighted by Gasteiger charge is 2.29. The molecule has 31 heavy (non-hydrogen) atoms. The Morgan fingerprint density at radius 3 is 2.68 bits per heavy atom. The van der Waals surface area contributed by atoms with Crippen LogP contribution in [0.4, 0.5) is 10.3 Å². The van der Waals surface area contributed by atoms with Crippen molar-refractivity contribution in [3.8, 4) is 5.69 Å². The van der Waals surface area contributed by atoms with Crippen LogP contribution < -0.4 is 4.90 Å². The first-order chi connectivity index (χ1) is 15.0. The number of morpholine rings is 1. The molecule has 2 aromatic rings. The van der Waals surface area contributed by atoms with Gasteiger partial charge in [-0.1, -0.05) is 37.1 Å². The summed E-state index contributed by atoms with van der Waals surface area (Å²) in [6.07, 6.45) is 5.76. The van der Waals surface area contributed by atoms with Gasteiger partial charge in [-0.25, -0.2) is 4.39 Å². The molecule has 9 heteroatoms. The number of rotatable bonds is 6. The van der Waals surface area contributed by atoms with Crippen molar-refractivity contribution in [3.05, 3.63) is 30.1 Å². The molecule has 7 nitrogen and oxygen atoms in total. The Balaban J connectivity index is 1.58. The Hall–Kier alpha value is -2.13. The van der Waals surface area contributed by atoms with Crippen molar-refractivity contribution < 1.29 is 13.9 Å². The number of halogens is 1. The van der Waals surface area contributed by atoms with Gasteiger partial charge >= 0.3 is 0 Å². The number of nitrogens with zero attached hydrogens (tertiary/aromatic N) is 5. The van der Waals surface area contributed by atoms with Crippen LogP contribution in [0.5, 0.6) is 0 Å². The third-order valence-electron chi connectivity index (χ3n) is 6.08. The molecule has 1 atom stereocenters. The van der Waals surface area contributed by atoms with Gasteiger partial charge in [0.2, 0.25) is 11.9 Å². The van der Waals surface area contributed by atoms with Gasteiger partial charge in [0.05, 0.1) is 24.2 Å². The lowest BCUT2D eigenvalue weighted by Gasteiger charge is -2.32. The highest BCUT2D eigenvalue weighted by Crippen LogP contribution is 2.31. The van der Waals surface area contributed by atoms with Crippen molar-refractivity contribution in [3.63, 3.8) is 0 Å². The van der Waals surface area contributed by atoms with E-state index in [4.69, 9.17) is 4.74 Å². The lowest BCUT2D eigenvalue weighted by atomic mass is 9.94. The summed E-state index contributed by atoms with van der Waals surface area (Å²) in [5, 5.41) is 9.07. The summed E-state index contributed by atoms with van der Waals surface area (Å²) in [4.78, 5) is 17.1. The molecule has 1 aliphatic carbocycles. The average molecular weight is 448 g/mol. The molecule has 0 N–H and O–H groups in total. The number of hydrogen-bond acceptors (Lipinski definition) is 6. The molecular formula is C22H30FN5O2S. The summed E-state index contributed by atoms with van der Waals surface area (Å²) in [5.41, 5.74) is 0.647. The molecule has 0 radical (unpaired) electrons. The minimum Gasteiger partial charge on any atom is -0.378 e. The number of aromatic nitrogens is 3. The Morgan fingerprint density at radius 2 is 1.97 bits per heavy atom. The zero-order chi connectivity index (χ0) is 21.8. The van der Waals surface area contributed by atoms with E-state index in [1.54, 1.807) is 6.07 Å². The second-order valence-electron chi connectivity index (χ2n) is 8.20. The van der Waals surface area contributed by atoms with Crippen LogP contribution in [-0.2, 0) is 9.53 Å². The third-order valence-corrected chi connectivity index (χ3v) is 7.11. The SMILES string of the molecule is CC(Sc1nnc(N2CCOCC2)n1-c1cccc(F)c1)C(=O)N(C)C1CCCCC1. The highest BCUT2D eigenvalue weighted by molar-refractivity contribution is 8.00. The zero-order valence-corrected chi connectivity index (χ0v) is 19.0. The largest absolute Gasteiger partial charge is 0.378 e. The summed E-state index contributed by atoms with van der Waals surface area (Å²) in [5.74, 6) is 0.423. The number of carbonyl (C=O) groups excluding carboxylic acids is 1. The Bertz CT molecular complexity index is 896. The first-order valence-corrected chi connectivity index (χ1v) is 11.9. The minimum absolute atomic E-state index is 0.0959. The summed E-state index contributed by atoms with van der Waals surface area (Å²) < 4.78 is 21.3. The summed E-state index contributed by atoms with van der Waals surface area (Å²) >= 11 is 1.37. The van der Waals surface area contributed by atoms with Gasteiger partial charge in [-0.15, -0.1) is 10.2 Å². The number of hydrogen-bond donors (Lipinski definition) is 0. The van der Waals surface area contributed by atoms with E-state index in [2.05, 4.69) is 15.1 Å². The topological polar surface area (TPSA) is 63.5 Å². The second-order valence-corrected chi connectivity index (χ2v) is 9.51. The molecule has 1 unspecified atom stereocenters. The molecule has 1 aromatic heterocycles. The smallest absolute Gasteiger partial charge is 0.235 e. The van der Waals surface area contributed by atoms with Gasteiger partial charge in [0.1, 0.15) is 5.82 Å². The molecule has 1 saturated heterocycles. The fourth-order valence-electron chi connectivity index (χ4n) is 4.29. The first-order valence-electron chi connectivity index (χ1n) is 11.0. The second kappa shape index (κ2) is 9.99. The van der Waals surface area contributed by atoms with Crippen molar-refractivity contribution in [1.82, 2.24) is 19.7 Å². The number of ether oxygens (including phenoxy) is 1. The Labute approximate surface area is 186 Å². The molecule has 2 aliphatic rings. The monoisotopic (exact) mass is 447 g/mol. The van der Waals surface area contributed by atoms with E-state index in [0.29, 0.717) is 49.1 Å². The van der Waals surface area contributed by atoms with Crippen LogP contribution in [0.2, 0.25) is 0 Å². The quantitative estimate of drug-likeness (QED) is 0.632. The van der Waals surface area contributed by atoms with Crippen molar-refractivity contribution in [1.29, 1.82) is 0 Å². The van der Waals surface area contributed by atoms with Crippen molar-refractivity contribution in [2.24, 2.45) is 0 Å². The molecule has 2 heterocycles. The van der Waals surface area contributed by atoms with Crippen LogP contribution in [0.25, 0.3) is 5.69 Å². The molecule has 0 bridgehead atoms. The molecule has 1 aromatic carbocycles. The zero-order valence-electron chi connectivity index (χ0n) is 18.2. The fraction of sp³-hybridized carbons (Fsp3) is 0.591. The number of anilines is 1. The molecule has 168 valence electrons. The van der Waals surface area contributed by atoms with Gasteiger partial charge in [0, 0.05) is 26.2 Å². The standard InChI is InChI=1S/C22H30FN5O2S/c1-16(20(29)26(2)18-8-4-3-5-9-18)31-22-25-24-21(27-11-13-30-14-12-27)28(22)19-10-6-7-17(23)15-19/h6-7,10,15-16,18H,3-5,8-9,11-14H2,1-2H3. The number of benzene rings is 1. The minimum atomic E-state index is -0.323. The van der Waals surface area contributed by atoms with Crippen LogP contribution in [-0.4, -0.2) is 70.2 Å². The van der Waals surface area contributed by atoms with E-state index in [1.165, 1.54) is 43.2 Å². The molecule has 1 aliphatic heterocycles. The fourth-order valence-corrected chi connectivity index (χ4v) is 5.26. The van der Waals surface area contributed by atoms with E-state index in [-0.39, 0.29) is 17.0 Å². The van der Waals surface area contributed by atoms with E-state index in [0.717, 1.165) is 12.8 Å². The van der Waals surface area contributed by atoms with Gasteiger partial charge in [0.25, 0.3) is 0 Å². The van der Waals surface area contributed by atoms with Crippen LogP contribution in [0.15, 0.2) is 29.4 Å². The molecular weight excluding hydrogens is 417 g/mol. The van der Waals surface area contributed by atoms with Crippen LogP contribution in [0.1, 0.15) is 39.0 Å². The Morgan fingerprint density at radius 1 is 1.23 bits per heavy atom. The number of thioether (sulfide) groups is 1. The maximum Gasteiger partial charge on any atom is 0.235 e. The molecule has 4 rings (SSSR count). The maximum absolute atomic E-state index is 14.0. The molecule has 0 spiro atoms. The molecule has 1 saturated carbocycles. The van der Waals surface area contributed by atoms with Crippen molar-refractivity contribution in [2.45, 2.75) is 55.5 Å². The predicted octanol–water partition coefficient (Wildman–Crippen LogP) is 3.51. The molecule has 2 fully saturated rings. The van der Waals surface area contributed by atoms with E-state index in [9.17, 15) is 9.18 Å². The summed E-state index contributed by atoms with van der Waals surface area (Å²) in [6, 6.07) is 6.71. The molecule has 1 amide bonds. The maximum atomic E-state index is 14.0. The van der Waals surface area contributed by atoms with E-state index >= 15 is 0 Å². The van der Waals surface area contributed by atoms with E-state index < -0.39 is 0 Å². The van der Waals surface area contributed by atoms with Gasteiger partial charge in [-0.3, -0.25) is 9.36 Å². The number of amides is 1. The van der Waals surface area contributed by atoms with Crippen molar-refractivity contribution >= 4 is 23.6 Å². The van der Waals surface area contributed by atoms with Gasteiger partial charge in [-0.2, -0.15) is 0 Å².